The van der Waals surface area contributed by atoms with Crippen LogP contribution in [0.4, 0.5) is 5.82 Å². The van der Waals surface area contributed by atoms with Gasteiger partial charge in [-0.05, 0) is 59.3 Å². The SMILES string of the molecule is CC(Oc1ccc(C#N)cc1)C(=O)Nc1ccc(Br)cn1. The molecule has 0 aliphatic heterocycles. The number of anilines is 1. The minimum Gasteiger partial charge on any atom is -0.481 e. The molecule has 0 saturated carbocycles. The van der Waals surface area contributed by atoms with Gasteiger partial charge in [0.1, 0.15) is 11.6 Å². The summed E-state index contributed by atoms with van der Waals surface area (Å²) in [6, 6.07) is 12.1. The van der Waals surface area contributed by atoms with Crippen molar-refractivity contribution in [2.45, 2.75) is 13.0 Å². The third-order valence-corrected chi connectivity index (χ3v) is 3.11. The highest BCUT2D eigenvalue weighted by Gasteiger charge is 2.15. The van der Waals surface area contributed by atoms with E-state index in [1.54, 1.807) is 49.5 Å². The number of rotatable bonds is 4. The van der Waals surface area contributed by atoms with Crippen LogP contribution in [0.15, 0.2) is 47.1 Å². The fraction of sp³-hybridized carbons (Fsp3) is 0.133. The van der Waals surface area contributed by atoms with Crippen LogP contribution >= 0.6 is 15.9 Å². The molecule has 6 heteroatoms. The maximum absolute atomic E-state index is 12.0. The summed E-state index contributed by atoms with van der Waals surface area (Å²) in [7, 11) is 0. The number of pyridine rings is 1. The van der Waals surface area contributed by atoms with E-state index >= 15 is 0 Å². The minimum atomic E-state index is -0.677. The van der Waals surface area contributed by atoms with Gasteiger partial charge in [0.2, 0.25) is 0 Å². The number of nitrogens with zero attached hydrogens (tertiary/aromatic N) is 2. The Bertz CT molecular complexity index is 663. The van der Waals surface area contributed by atoms with Gasteiger partial charge in [0.25, 0.3) is 5.91 Å². The van der Waals surface area contributed by atoms with Crippen molar-refractivity contribution in [1.82, 2.24) is 4.98 Å². The fourth-order valence-corrected chi connectivity index (χ4v) is 1.78. The molecule has 1 aromatic heterocycles. The van der Waals surface area contributed by atoms with Gasteiger partial charge in [0.15, 0.2) is 6.10 Å². The molecule has 0 saturated heterocycles. The van der Waals surface area contributed by atoms with Crippen LogP contribution in [0.5, 0.6) is 5.75 Å². The van der Waals surface area contributed by atoms with Gasteiger partial charge in [0.05, 0.1) is 11.6 Å². The van der Waals surface area contributed by atoms with Crippen molar-refractivity contribution in [3.63, 3.8) is 0 Å². The van der Waals surface area contributed by atoms with Crippen LogP contribution in [0, 0.1) is 11.3 Å². The van der Waals surface area contributed by atoms with Crippen LogP contribution in [0.3, 0.4) is 0 Å². The van der Waals surface area contributed by atoms with Crippen molar-refractivity contribution in [3.8, 4) is 11.8 Å². The zero-order valence-corrected chi connectivity index (χ0v) is 12.8. The zero-order valence-electron chi connectivity index (χ0n) is 11.2. The average molecular weight is 346 g/mol. The van der Waals surface area contributed by atoms with Crippen LogP contribution in [0.2, 0.25) is 0 Å². The zero-order chi connectivity index (χ0) is 15.2. The molecule has 0 spiro atoms. The van der Waals surface area contributed by atoms with Crippen LogP contribution < -0.4 is 10.1 Å². The topological polar surface area (TPSA) is 75.0 Å². The van der Waals surface area contributed by atoms with E-state index < -0.39 is 6.10 Å². The Kier molecular flexibility index (Phi) is 4.90. The molecule has 106 valence electrons. The first kappa shape index (κ1) is 15.0. The van der Waals surface area contributed by atoms with E-state index in [1.165, 1.54) is 0 Å². The predicted octanol–water partition coefficient (Wildman–Crippen LogP) is 3.12. The molecular formula is C15H12BrN3O2. The van der Waals surface area contributed by atoms with E-state index in [-0.39, 0.29) is 5.91 Å². The Morgan fingerprint density at radius 3 is 2.62 bits per heavy atom. The first-order chi connectivity index (χ1) is 10.1. The quantitative estimate of drug-likeness (QED) is 0.923. The monoisotopic (exact) mass is 345 g/mol. The molecule has 1 heterocycles. The lowest BCUT2D eigenvalue weighted by atomic mass is 10.2. The Hall–Kier alpha value is -2.39. The number of ether oxygens (including phenoxy) is 1. The molecule has 21 heavy (non-hydrogen) atoms. The van der Waals surface area contributed by atoms with E-state index in [1.807, 2.05) is 6.07 Å². The summed E-state index contributed by atoms with van der Waals surface area (Å²) in [6.07, 6.45) is 0.922. The molecule has 0 aliphatic carbocycles. The van der Waals surface area contributed by atoms with Crippen molar-refractivity contribution in [3.05, 3.63) is 52.6 Å². The molecule has 2 aromatic rings. The summed E-state index contributed by atoms with van der Waals surface area (Å²) in [5.74, 6) is 0.688. The van der Waals surface area contributed by atoms with Crippen molar-refractivity contribution in [1.29, 1.82) is 5.26 Å². The lowest BCUT2D eigenvalue weighted by Crippen LogP contribution is -2.30. The molecule has 0 bridgehead atoms. The largest absolute Gasteiger partial charge is 0.481 e. The highest BCUT2D eigenvalue weighted by atomic mass is 79.9. The van der Waals surface area contributed by atoms with Gasteiger partial charge >= 0.3 is 0 Å². The van der Waals surface area contributed by atoms with Crippen LogP contribution in [0.1, 0.15) is 12.5 Å². The van der Waals surface area contributed by atoms with Crippen LogP contribution in [-0.2, 0) is 4.79 Å². The Morgan fingerprint density at radius 2 is 2.05 bits per heavy atom. The molecule has 5 nitrogen and oxygen atoms in total. The second-order valence-electron chi connectivity index (χ2n) is 4.25. The summed E-state index contributed by atoms with van der Waals surface area (Å²) in [4.78, 5) is 16.0. The van der Waals surface area contributed by atoms with E-state index in [0.717, 1.165) is 4.47 Å². The number of hydrogen-bond acceptors (Lipinski definition) is 4. The first-order valence-corrected chi connectivity index (χ1v) is 6.97. The van der Waals surface area contributed by atoms with Gasteiger partial charge in [-0.1, -0.05) is 0 Å². The third kappa shape index (κ3) is 4.29. The number of halogens is 1. The lowest BCUT2D eigenvalue weighted by molar-refractivity contribution is -0.122. The highest BCUT2D eigenvalue weighted by molar-refractivity contribution is 9.10. The van der Waals surface area contributed by atoms with E-state index in [9.17, 15) is 4.79 Å². The maximum atomic E-state index is 12.0. The number of nitrogens with one attached hydrogen (secondary N) is 1. The van der Waals surface area contributed by atoms with Crippen LogP contribution in [0.25, 0.3) is 0 Å². The summed E-state index contributed by atoms with van der Waals surface area (Å²) in [5.41, 5.74) is 0.540. The van der Waals surface area contributed by atoms with Crippen LogP contribution in [-0.4, -0.2) is 17.0 Å². The number of benzene rings is 1. The molecule has 1 aromatic carbocycles. The van der Waals surface area contributed by atoms with E-state index in [2.05, 4.69) is 26.2 Å². The second kappa shape index (κ2) is 6.86. The van der Waals surface area contributed by atoms with Crippen molar-refractivity contribution < 1.29 is 9.53 Å². The molecule has 1 unspecified atom stereocenters. The number of carbonyl (C=O) groups excluding carboxylic acids is 1. The predicted molar refractivity (Wildman–Crippen MR) is 81.8 cm³/mol. The molecule has 2 rings (SSSR count). The molecule has 1 amide bonds. The first-order valence-electron chi connectivity index (χ1n) is 6.18. The highest BCUT2D eigenvalue weighted by Crippen LogP contribution is 2.15. The minimum absolute atomic E-state index is 0.297. The Morgan fingerprint density at radius 1 is 1.33 bits per heavy atom. The van der Waals surface area contributed by atoms with Gasteiger partial charge in [0, 0.05) is 10.7 Å². The van der Waals surface area contributed by atoms with Gasteiger partial charge in [-0.3, -0.25) is 4.79 Å². The fourth-order valence-electron chi connectivity index (χ4n) is 1.54. The summed E-state index contributed by atoms with van der Waals surface area (Å²) in [6.45, 7) is 1.65. The lowest BCUT2D eigenvalue weighted by Gasteiger charge is -2.14. The molecule has 0 aliphatic rings. The molecule has 0 fully saturated rings. The standard InChI is InChI=1S/C15H12BrN3O2/c1-10(21-13-5-2-11(8-17)3-6-13)15(20)19-14-7-4-12(16)9-18-14/h2-7,9-10H,1H3,(H,18,19,20). The Labute approximate surface area is 130 Å². The summed E-state index contributed by atoms with van der Waals surface area (Å²) in [5, 5.41) is 11.4. The average Bonchev–Trinajstić information content (AvgIpc) is 2.50. The summed E-state index contributed by atoms with van der Waals surface area (Å²) < 4.78 is 6.35. The van der Waals surface area contributed by atoms with Crippen molar-refractivity contribution in [2.24, 2.45) is 0 Å². The third-order valence-electron chi connectivity index (χ3n) is 2.64. The molecule has 1 atom stereocenters. The van der Waals surface area contributed by atoms with Gasteiger partial charge in [-0.25, -0.2) is 4.98 Å². The summed E-state index contributed by atoms with van der Waals surface area (Å²) >= 11 is 3.27. The van der Waals surface area contributed by atoms with Crippen molar-refractivity contribution >= 4 is 27.7 Å². The van der Waals surface area contributed by atoms with E-state index in [4.69, 9.17) is 10.00 Å². The number of amides is 1. The number of carbonyl (C=O) groups is 1. The van der Waals surface area contributed by atoms with Crippen molar-refractivity contribution in [2.75, 3.05) is 5.32 Å². The second-order valence-corrected chi connectivity index (χ2v) is 5.16. The normalized spacial score (nSPS) is 11.3. The van der Waals surface area contributed by atoms with Gasteiger partial charge in [-0.2, -0.15) is 5.26 Å². The number of aromatic nitrogens is 1. The maximum Gasteiger partial charge on any atom is 0.266 e. The van der Waals surface area contributed by atoms with Gasteiger partial charge < -0.3 is 10.1 Å². The molecular weight excluding hydrogens is 334 g/mol. The molecule has 1 N–H and O–H groups in total. The van der Waals surface area contributed by atoms with Gasteiger partial charge in [-0.15, -0.1) is 0 Å². The van der Waals surface area contributed by atoms with E-state index in [0.29, 0.717) is 17.1 Å². The smallest absolute Gasteiger partial charge is 0.266 e. The molecule has 0 radical (unpaired) electrons. The Balaban J connectivity index is 1.95. The number of nitriles is 1. The number of hydrogen-bond donors (Lipinski definition) is 1.